The van der Waals surface area contributed by atoms with Crippen LogP contribution in [0.4, 0.5) is 5.69 Å². The number of hydrogen-bond acceptors (Lipinski definition) is 3. The van der Waals surface area contributed by atoms with Gasteiger partial charge in [0.2, 0.25) is 11.8 Å². The van der Waals surface area contributed by atoms with Crippen LogP contribution in [-0.2, 0) is 9.59 Å². The van der Waals surface area contributed by atoms with Crippen molar-refractivity contribution >= 4 is 17.5 Å². The van der Waals surface area contributed by atoms with Crippen molar-refractivity contribution in [1.82, 2.24) is 10.2 Å². The number of amides is 2. The zero-order valence-corrected chi connectivity index (χ0v) is 14.2. The van der Waals surface area contributed by atoms with E-state index in [1.165, 1.54) is 0 Å². The van der Waals surface area contributed by atoms with Crippen LogP contribution in [0.2, 0.25) is 0 Å². The summed E-state index contributed by atoms with van der Waals surface area (Å²) in [6.07, 6.45) is 0.891. The molecule has 1 aromatic carbocycles. The van der Waals surface area contributed by atoms with Gasteiger partial charge in [-0.15, -0.1) is 0 Å². The van der Waals surface area contributed by atoms with E-state index in [-0.39, 0.29) is 30.9 Å². The van der Waals surface area contributed by atoms with Gasteiger partial charge in [0, 0.05) is 11.7 Å². The van der Waals surface area contributed by atoms with Crippen molar-refractivity contribution in [3.8, 4) is 0 Å². The van der Waals surface area contributed by atoms with Crippen molar-refractivity contribution in [3.05, 3.63) is 29.3 Å². The second-order valence-electron chi connectivity index (χ2n) is 5.84. The first-order valence-electron chi connectivity index (χ1n) is 7.67. The third kappa shape index (κ3) is 5.85. The van der Waals surface area contributed by atoms with Gasteiger partial charge in [0.15, 0.2) is 0 Å². The van der Waals surface area contributed by atoms with Crippen LogP contribution in [0, 0.1) is 13.8 Å². The first-order valence-corrected chi connectivity index (χ1v) is 7.67. The molecule has 0 aliphatic carbocycles. The lowest BCUT2D eigenvalue weighted by Crippen LogP contribution is -2.41. The van der Waals surface area contributed by atoms with Crippen LogP contribution >= 0.6 is 0 Å². The quantitative estimate of drug-likeness (QED) is 0.811. The number of carbonyl (C=O) groups is 2. The highest BCUT2D eigenvalue weighted by molar-refractivity contribution is 5.93. The Morgan fingerprint density at radius 3 is 2.45 bits per heavy atom. The van der Waals surface area contributed by atoms with E-state index >= 15 is 0 Å². The first-order chi connectivity index (χ1) is 10.3. The number of aryl methyl sites for hydroxylation is 1. The molecule has 0 radical (unpaired) electrons. The number of likely N-dealkylation sites (N-methyl/N-ethyl adjacent to an activating group) is 1. The molecule has 2 N–H and O–H groups in total. The number of anilines is 1. The molecule has 0 fully saturated rings. The smallest absolute Gasteiger partial charge is 0.238 e. The zero-order chi connectivity index (χ0) is 16.7. The number of nitrogens with one attached hydrogen (secondary N) is 2. The SMILES string of the molecule is CC[C@@H](C)NC(=O)CN(C)CC(=O)Nc1cccc(C)c1C. The number of benzene rings is 1. The summed E-state index contributed by atoms with van der Waals surface area (Å²) in [6, 6.07) is 5.97. The van der Waals surface area contributed by atoms with Crippen LogP contribution in [0.5, 0.6) is 0 Å². The minimum atomic E-state index is -0.118. The largest absolute Gasteiger partial charge is 0.353 e. The Morgan fingerprint density at radius 2 is 1.82 bits per heavy atom. The van der Waals surface area contributed by atoms with E-state index in [1.807, 2.05) is 45.9 Å². The number of hydrogen-bond donors (Lipinski definition) is 2. The van der Waals surface area contributed by atoms with E-state index in [4.69, 9.17) is 0 Å². The van der Waals surface area contributed by atoms with Crippen LogP contribution in [0.3, 0.4) is 0 Å². The van der Waals surface area contributed by atoms with Gasteiger partial charge in [0.1, 0.15) is 0 Å². The third-order valence-corrected chi connectivity index (χ3v) is 3.73. The van der Waals surface area contributed by atoms with Gasteiger partial charge in [0.05, 0.1) is 13.1 Å². The molecule has 2 amide bonds. The lowest BCUT2D eigenvalue weighted by molar-refractivity contribution is -0.123. The van der Waals surface area contributed by atoms with Crippen molar-refractivity contribution in [2.24, 2.45) is 0 Å². The lowest BCUT2D eigenvalue weighted by atomic mass is 10.1. The molecule has 1 rings (SSSR count). The summed E-state index contributed by atoms with van der Waals surface area (Å²) in [4.78, 5) is 25.5. The van der Waals surface area contributed by atoms with E-state index in [9.17, 15) is 9.59 Å². The second kappa shape index (κ2) is 8.54. The molecule has 0 saturated carbocycles. The Hall–Kier alpha value is -1.88. The molecule has 122 valence electrons. The Balaban J connectivity index is 2.47. The topological polar surface area (TPSA) is 61.4 Å². The molecule has 5 heteroatoms. The van der Waals surface area contributed by atoms with Gasteiger partial charge in [0.25, 0.3) is 0 Å². The molecular formula is C17H27N3O2. The summed E-state index contributed by atoms with van der Waals surface area (Å²) >= 11 is 0. The maximum absolute atomic E-state index is 12.1. The molecular weight excluding hydrogens is 278 g/mol. The summed E-state index contributed by atoms with van der Waals surface area (Å²) in [5.41, 5.74) is 3.02. The van der Waals surface area contributed by atoms with Crippen molar-refractivity contribution in [3.63, 3.8) is 0 Å². The summed E-state index contributed by atoms with van der Waals surface area (Å²) in [6.45, 7) is 8.37. The van der Waals surface area contributed by atoms with Crippen molar-refractivity contribution in [2.45, 2.75) is 40.2 Å². The van der Waals surface area contributed by atoms with Crippen molar-refractivity contribution in [2.75, 3.05) is 25.5 Å². The van der Waals surface area contributed by atoms with E-state index < -0.39 is 0 Å². The zero-order valence-electron chi connectivity index (χ0n) is 14.2. The van der Waals surface area contributed by atoms with E-state index in [0.717, 1.165) is 23.2 Å². The molecule has 0 aliphatic rings. The summed E-state index contributed by atoms with van der Waals surface area (Å²) in [5.74, 6) is -0.177. The molecule has 0 heterocycles. The van der Waals surface area contributed by atoms with Crippen LogP contribution < -0.4 is 10.6 Å². The molecule has 0 aliphatic heterocycles. The molecule has 0 spiro atoms. The second-order valence-corrected chi connectivity index (χ2v) is 5.84. The highest BCUT2D eigenvalue weighted by Crippen LogP contribution is 2.17. The fourth-order valence-electron chi connectivity index (χ4n) is 2.04. The highest BCUT2D eigenvalue weighted by atomic mass is 16.2. The predicted octanol–water partition coefficient (Wildman–Crippen LogP) is 2.09. The maximum Gasteiger partial charge on any atom is 0.238 e. The standard InChI is InChI=1S/C17H27N3O2/c1-6-13(3)18-16(21)10-20(5)11-17(22)19-15-9-7-8-12(2)14(15)4/h7-9,13H,6,10-11H2,1-5H3,(H,18,21)(H,19,22)/t13-/m1/s1. The Labute approximate surface area is 133 Å². The minimum Gasteiger partial charge on any atom is -0.353 e. The van der Waals surface area contributed by atoms with E-state index in [2.05, 4.69) is 10.6 Å². The van der Waals surface area contributed by atoms with Crippen LogP contribution in [0.25, 0.3) is 0 Å². The molecule has 0 unspecified atom stereocenters. The maximum atomic E-state index is 12.1. The Kier molecular flexibility index (Phi) is 7.05. The molecule has 1 aromatic rings. The summed E-state index contributed by atoms with van der Waals surface area (Å²) in [5, 5.41) is 5.78. The van der Waals surface area contributed by atoms with Gasteiger partial charge < -0.3 is 10.6 Å². The Morgan fingerprint density at radius 1 is 1.18 bits per heavy atom. The van der Waals surface area contributed by atoms with Crippen LogP contribution in [-0.4, -0.2) is 42.9 Å². The molecule has 22 heavy (non-hydrogen) atoms. The van der Waals surface area contributed by atoms with Crippen LogP contribution in [0.15, 0.2) is 18.2 Å². The molecule has 5 nitrogen and oxygen atoms in total. The van der Waals surface area contributed by atoms with E-state index in [1.54, 1.807) is 11.9 Å². The lowest BCUT2D eigenvalue weighted by Gasteiger charge is -2.18. The van der Waals surface area contributed by atoms with Gasteiger partial charge in [-0.1, -0.05) is 19.1 Å². The minimum absolute atomic E-state index is 0.0589. The fourth-order valence-corrected chi connectivity index (χ4v) is 2.04. The molecule has 1 atom stereocenters. The van der Waals surface area contributed by atoms with Gasteiger partial charge in [-0.3, -0.25) is 14.5 Å². The van der Waals surface area contributed by atoms with Gasteiger partial charge >= 0.3 is 0 Å². The summed E-state index contributed by atoms with van der Waals surface area (Å²) < 4.78 is 0. The average Bonchev–Trinajstić information content (AvgIpc) is 2.43. The predicted molar refractivity (Wildman–Crippen MR) is 89.9 cm³/mol. The van der Waals surface area contributed by atoms with Crippen LogP contribution in [0.1, 0.15) is 31.4 Å². The normalized spacial score (nSPS) is 12.1. The number of carbonyl (C=O) groups excluding carboxylic acids is 2. The summed E-state index contributed by atoms with van der Waals surface area (Å²) in [7, 11) is 1.76. The monoisotopic (exact) mass is 305 g/mol. The van der Waals surface area contributed by atoms with E-state index in [0.29, 0.717) is 0 Å². The number of nitrogens with zero attached hydrogens (tertiary/aromatic N) is 1. The Bertz CT molecular complexity index is 529. The van der Waals surface area contributed by atoms with Crippen molar-refractivity contribution in [1.29, 1.82) is 0 Å². The average molecular weight is 305 g/mol. The first kappa shape index (κ1) is 18.2. The molecule has 0 bridgehead atoms. The number of rotatable bonds is 7. The molecule has 0 saturated heterocycles. The highest BCUT2D eigenvalue weighted by Gasteiger charge is 2.13. The van der Waals surface area contributed by atoms with Crippen molar-refractivity contribution < 1.29 is 9.59 Å². The van der Waals surface area contributed by atoms with Gasteiger partial charge in [-0.25, -0.2) is 0 Å². The fraction of sp³-hybridized carbons (Fsp3) is 0.529. The third-order valence-electron chi connectivity index (χ3n) is 3.73. The molecule has 0 aromatic heterocycles. The van der Waals surface area contributed by atoms with Gasteiger partial charge in [-0.05, 0) is 51.4 Å². The van der Waals surface area contributed by atoms with Gasteiger partial charge in [-0.2, -0.15) is 0 Å².